The summed E-state index contributed by atoms with van der Waals surface area (Å²) in [6, 6.07) is 0. The molecule has 0 spiro atoms. The number of nitrogens with zero attached hydrogens (tertiary/aromatic N) is 2. The standard InChI is InChI=1S/C8H8N2O5/c11-7(12)6-4-3-10(8(13)14)2-1-5(4)15-9-6/h1-3H2,(H,11,12)(H,13,14). The van der Waals surface area contributed by atoms with E-state index in [1.54, 1.807) is 0 Å². The Balaban J connectivity index is 2.34. The molecule has 2 N–H and O–H groups in total. The Labute approximate surface area is 83.9 Å². The Morgan fingerprint density at radius 2 is 2.13 bits per heavy atom. The minimum absolute atomic E-state index is 0.0236. The van der Waals surface area contributed by atoms with Gasteiger partial charge in [-0.3, -0.25) is 0 Å². The number of carboxylic acids is 1. The molecule has 15 heavy (non-hydrogen) atoms. The van der Waals surface area contributed by atoms with Crippen LogP contribution in [0.1, 0.15) is 21.8 Å². The van der Waals surface area contributed by atoms with E-state index in [1.807, 2.05) is 0 Å². The van der Waals surface area contributed by atoms with Crippen molar-refractivity contribution in [2.24, 2.45) is 0 Å². The van der Waals surface area contributed by atoms with Crippen molar-refractivity contribution in [3.05, 3.63) is 17.0 Å². The van der Waals surface area contributed by atoms with E-state index in [0.29, 0.717) is 24.3 Å². The van der Waals surface area contributed by atoms with Gasteiger partial charge < -0.3 is 19.6 Å². The van der Waals surface area contributed by atoms with Crippen LogP contribution >= 0.6 is 0 Å². The van der Waals surface area contributed by atoms with Crippen LogP contribution in [0.5, 0.6) is 0 Å². The van der Waals surface area contributed by atoms with Crippen LogP contribution in [0.4, 0.5) is 4.79 Å². The van der Waals surface area contributed by atoms with Crippen LogP contribution < -0.4 is 0 Å². The lowest BCUT2D eigenvalue weighted by molar-refractivity contribution is 0.0683. The van der Waals surface area contributed by atoms with Gasteiger partial charge in [-0.1, -0.05) is 5.16 Å². The van der Waals surface area contributed by atoms with Crippen LogP contribution in [0.3, 0.4) is 0 Å². The molecule has 0 saturated carbocycles. The Morgan fingerprint density at radius 1 is 1.40 bits per heavy atom. The first-order valence-corrected chi connectivity index (χ1v) is 4.28. The molecule has 2 rings (SSSR count). The first-order chi connectivity index (χ1) is 7.09. The van der Waals surface area contributed by atoms with E-state index in [9.17, 15) is 9.59 Å². The molecule has 1 amide bonds. The summed E-state index contributed by atoms with van der Waals surface area (Å²) < 4.78 is 4.83. The fraction of sp³-hybridized carbons (Fsp3) is 0.375. The van der Waals surface area contributed by atoms with Crippen molar-refractivity contribution in [3.63, 3.8) is 0 Å². The minimum atomic E-state index is -1.20. The molecule has 0 saturated heterocycles. The molecule has 7 heteroatoms. The van der Waals surface area contributed by atoms with Gasteiger partial charge in [0.25, 0.3) is 0 Å². The number of amides is 1. The molecule has 1 aromatic rings. The third-order valence-electron chi connectivity index (χ3n) is 2.30. The summed E-state index contributed by atoms with van der Waals surface area (Å²) in [5, 5.41) is 20.9. The third kappa shape index (κ3) is 1.51. The van der Waals surface area contributed by atoms with Gasteiger partial charge >= 0.3 is 12.1 Å². The number of aromatic carboxylic acids is 1. The van der Waals surface area contributed by atoms with Crippen molar-refractivity contribution in [1.29, 1.82) is 0 Å². The summed E-state index contributed by atoms with van der Waals surface area (Å²) in [5.74, 6) is -0.739. The topological polar surface area (TPSA) is 104 Å². The molecule has 0 fully saturated rings. The quantitative estimate of drug-likeness (QED) is 0.698. The number of carboxylic acid groups (broad SMARTS) is 2. The highest BCUT2D eigenvalue weighted by Crippen LogP contribution is 2.22. The fourth-order valence-electron chi connectivity index (χ4n) is 1.54. The number of rotatable bonds is 1. The second-order valence-corrected chi connectivity index (χ2v) is 3.19. The Bertz CT molecular complexity index is 425. The van der Waals surface area contributed by atoms with E-state index in [4.69, 9.17) is 14.7 Å². The molecule has 2 heterocycles. The van der Waals surface area contributed by atoms with Crippen LogP contribution in [-0.2, 0) is 13.0 Å². The first kappa shape index (κ1) is 9.50. The van der Waals surface area contributed by atoms with E-state index in [-0.39, 0.29) is 12.2 Å². The summed E-state index contributed by atoms with van der Waals surface area (Å²) in [4.78, 5) is 22.5. The molecule has 0 bridgehead atoms. The maximum absolute atomic E-state index is 10.7. The van der Waals surface area contributed by atoms with Gasteiger partial charge in [0.2, 0.25) is 0 Å². The Morgan fingerprint density at radius 3 is 2.73 bits per heavy atom. The summed E-state index contributed by atoms with van der Waals surface area (Å²) in [5.41, 5.74) is 0.159. The molecule has 0 atom stereocenters. The van der Waals surface area contributed by atoms with Gasteiger partial charge in [-0.05, 0) is 0 Å². The third-order valence-corrected chi connectivity index (χ3v) is 2.30. The van der Waals surface area contributed by atoms with Crippen molar-refractivity contribution in [3.8, 4) is 0 Å². The summed E-state index contributed by atoms with van der Waals surface area (Å²) in [6.07, 6.45) is -0.708. The van der Waals surface area contributed by atoms with Gasteiger partial charge in [0.15, 0.2) is 5.69 Å². The van der Waals surface area contributed by atoms with Crippen LogP contribution in [0, 0.1) is 0 Å². The van der Waals surface area contributed by atoms with Gasteiger partial charge in [-0.25, -0.2) is 9.59 Å². The monoisotopic (exact) mass is 212 g/mol. The van der Waals surface area contributed by atoms with Crippen molar-refractivity contribution in [2.45, 2.75) is 13.0 Å². The van der Waals surface area contributed by atoms with Crippen LogP contribution in [0.15, 0.2) is 4.52 Å². The summed E-state index contributed by atoms with van der Waals surface area (Å²) in [6.45, 7) is 0.326. The molecular weight excluding hydrogens is 204 g/mol. The van der Waals surface area contributed by atoms with Gasteiger partial charge in [-0.2, -0.15) is 0 Å². The van der Waals surface area contributed by atoms with Gasteiger partial charge in [-0.15, -0.1) is 0 Å². The molecule has 1 aliphatic heterocycles. The number of hydrogen-bond donors (Lipinski definition) is 2. The zero-order chi connectivity index (χ0) is 11.0. The van der Waals surface area contributed by atoms with Crippen LogP contribution in [-0.4, -0.2) is 38.9 Å². The van der Waals surface area contributed by atoms with Crippen molar-refractivity contribution < 1.29 is 24.3 Å². The Kier molecular flexibility index (Phi) is 2.07. The zero-order valence-corrected chi connectivity index (χ0v) is 7.63. The highest BCUT2D eigenvalue weighted by Gasteiger charge is 2.29. The van der Waals surface area contributed by atoms with Gasteiger partial charge in [0.1, 0.15) is 5.76 Å². The zero-order valence-electron chi connectivity index (χ0n) is 7.63. The fourth-order valence-corrected chi connectivity index (χ4v) is 1.54. The van der Waals surface area contributed by atoms with E-state index in [1.165, 1.54) is 0 Å². The normalized spacial score (nSPS) is 14.8. The predicted molar refractivity (Wildman–Crippen MR) is 45.6 cm³/mol. The molecule has 80 valence electrons. The van der Waals surface area contributed by atoms with Crippen LogP contribution in [0.2, 0.25) is 0 Å². The highest BCUT2D eigenvalue weighted by molar-refractivity contribution is 5.87. The van der Waals surface area contributed by atoms with Crippen molar-refractivity contribution in [2.75, 3.05) is 6.54 Å². The number of aromatic nitrogens is 1. The van der Waals surface area contributed by atoms with Crippen molar-refractivity contribution >= 4 is 12.1 Å². The van der Waals surface area contributed by atoms with E-state index >= 15 is 0 Å². The first-order valence-electron chi connectivity index (χ1n) is 4.28. The van der Waals surface area contributed by atoms with E-state index < -0.39 is 12.1 Å². The van der Waals surface area contributed by atoms with E-state index in [0.717, 1.165) is 4.90 Å². The Hall–Kier alpha value is -2.05. The predicted octanol–water partition coefficient (Wildman–Crippen LogP) is 0.409. The smallest absolute Gasteiger partial charge is 0.407 e. The molecule has 1 aliphatic rings. The maximum Gasteiger partial charge on any atom is 0.407 e. The van der Waals surface area contributed by atoms with Gasteiger partial charge in [0.05, 0.1) is 6.54 Å². The van der Waals surface area contributed by atoms with Crippen LogP contribution in [0.25, 0.3) is 0 Å². The second-order valence-electron chi connectivity index (χ2n) is 3.19. The van der Waals surface area contributed by atoms with Crippen molar-refractivity contribution in [1.82, 2.24) is 10.1 Å². The number of hydrogen-bond acceptors (Lipinski definition) is 4. The van der Waals surface area contributed by atoms with E-state index in [2.05, 4.69) is 5.16 Å². The van der Waals surface area contributed by atoms with Gasteiger partial charge in [0, 0.05) is 18.5 Å². The summed E-state index contributed by atoms with van der Waals surface area (Å²) in [7, 11) is 0. The summed E-state index contributed by atoms with van der Waals surface area (Å²) >= 11 is 0. The molecule has 0 aliphatic carbocycles. The largest absolute Gasteiger partial charge is 0.476 e. The lowest BCUT2D eigenvalue weighted by atomic mass is 10.1. The lowest BCUT2D eigenvalue weighted by Crippen LogP contribution is -2.34. The average Bonchev–Trinajstić information content (AvgIpc) is 2.59. The number of fused-ring (bicyclic) bond motifs is 1. The maximum atomic E-state index is 10.7. The SMILES string of the molecule is O=C(O)c1noc2c1CN(C(=O)O)CC2. The average molecular weight is 212 g/mol. The molecule has 7 nitrogen and oxygen atoms in total. The molecule has 0 radical (unpaired) electrons. The molecular formula is C8H8N2O5. The molecule has 1 aromatic heterocycles. The minimum Gasteiger partial charge on any atom is -0.476 e. The highest BCUT2D eigenvalue weighted by atomic mass is 16.5. The lowest BCUT2D eigenvalue weighted by Gasteiger charge is -2.22. The second kappa shape index (κ2) is 3.26. The molecule has 0 unspecified atom stereocenters. The number of carbonyl (C=O) groups is 2. The molecule has 0 aromatic carbocycles.